The zero-order valence-corrected chi connectivity index (χ0v) is 26.6. The smallest absolute Gasteiger partial charge is 0.311 e. The molecule has 0 saturated carbocycles. The molecule has 0 amide bonds. The van der Waals surface area contributed by atoms with Gasteiger partial charge in [0.15, 0.2) is 11.7 Å². The fraction of sp³-hybridized carbons (Fsp3) is 0.345. The van der Waals surface area contributed by atoms with Crippen molar-refractivity contribution < 1.29 is 26.9 Å². The number of hydrogen-bond acceptors (Lipinski definition) is 7. The minimum Gasteiger partial charge on any atom is -0.487 e. The molecule has 0 spiro atoms. The van der Waals surface area contributed by atoms with Gasteiger partial charge in [-0.1, -0.05) is 29.3 Å². The number of nitro groups is 1. The van der Waals surface area contributed by atoms with E-state index in [1.54, 1.807) is 31.2 Å². The number of anilines is 1. The minimum atomic E-state index is -4.23. The Morgan fingerprint density at radius 2 is 1.80 bits per heavy atom. The van der Waals surface area contributed by atoms with Crippen LogP contribution in [0.15, 0.2) is 64.5 Å². The first-order valence-corrected chi connectivity index (χ1v) is 16.3. The second-order valence-electron chi connectivity index (χ2n) is 9.91. The third-order valence-corrected chi connectivity index (χ3v) is 9.01. The molecule has 3 aromatic carbocycles. The van der Waals surface area contributed by atoms with Crippen LogP contribution in [0.4, 0.5) is 20.2 Å². The number of guanidine groups is 1. The van der Waals surface area contributed by atoms with Crippen LogP contribution in [-0.2, 0) is 16.4 Å². The summed E-state index contributed by atoms with van der Waals surface area (Å²) >= 11 is 12.3. The maximum Gasteiger partial charge on any atom is 0.311 e. The van der Waals surface area contributed by atoms with Gasteiger partial charge in [0, 0.05) is 73.2 Å². The maximum absolute atomic E-state index is 14.1. The Balaban J connectivity index is 1.43. The van der Waals surface area contributed by atoms with E-state index in [2.05, 4.69) is 19.9 Å². The van der Waals surface area contributed by atoms with Gasteiger partial charge in [-0.15, -0.1) is 0 Å². The highest BCUT2D eigenvalue weighted by Crippen LogP contribution is 2.32. The van der Waals surface area contributed by atoms with Gasteiger partial charge in [-0.25, -0.2) is 21.9 Å². The second-order valence-corrected chi connectivity index (χ2v) is 12.5. The van der Waals surface area contributed by atoms with Crippen molar-refractivity contribution in [3.63, 3.8) is 0 Å². The van der Waals surface area contributed by atoms with Crippen LogP contribution in [0.1, 0.15) is 12.5 Å². The van der Waals surface area contributed by atoms with Gasteiger partial charge in [0.05, 0.1) is 18.1 Å². The first kappa shape index (κ1) is 34.2. The number of sulfonamides is 1. The van der Waals surface area contributed by atoms with E-state index in [0.717, 1.165) is 23.4 Å². The average Bonchev–Trinajstić information content (AvgIpc) is 2.99. The fourth-order valence-corrected chi connectivity index (χ4v) is 6.29. The Morgan fingerprint density at radius 3 is 2.47 bits per heavy atom. The summed E-state index contributed by atoms with van der Waals surface area (Å²) in [5.41, 5.74) is 1.57. The molecule has 2 N–H and O–H groups in total. The molecule has 4 rings (SSSR count). The van der Waals surface area contributed by atoms with Crippen LogP contribution in [0.2, 0.25) is 10.0 Å². The molecule has 1 heterocycles. The van der Waals surface area contributed by atoms with E-state index >= 15 is 0 Å². The molecule has 1 aliphatic rings. The fourth-order valence-electron chi connectivity index (χ4n) is 4.71. The highest BCUT2D eigenvalue weighted by Gasteiger charge is 2.24. The number of hydrogen-bond donors (Lipinski definition) is 2. The van der Waals surface area contributed by atoms with Crippen LogP contribution < -0.4 is 19.7 Å². The molecule has 0 radical (unpaired) electrons. The van der Waals surface area contributed by atoms with Crippen LogP contribution >= 0.6 is 23.2 Å². The molecule has 45 heavy (non-hydrogen) atoms. The largest absolute Gasteiger partial charge is 0.487 e. The van der Waals surface area contributed by atoms with Gasteiger partial charge in [-0.05, 0) is 49.2 Å². The molecular weight excluding hydrogens is 653 g/mol. The van der Waals surface area contributed by atoms with Crippen LogP contribution in [0.25, 0.3) is 0 Å². The van der Waals surface area contributed by atoms with E-state index in [0.29, 0.717) is 67.8 Å². The molecule has 11 nitrogen and oxygen atoms in total. The predicted octanol–water partition coefficient (Wildman–Crippen LogP) is 4.87. The Bertz CT molecular complexity index is 1660. The van der Waals surface area contributed by atoms with E-state index < -0.39 is 31.5 Å². The predicted molar refractivity (Wildman–Crippen MR) is 170 cm³/mol. The summed E-state index contributed by atoms with van der Waals surface area (Å²) in [5, 5.41) is 15.8. The monoisotopic (exact) mass is 684 g/mol. The van der Waals surface area contributed by atoms with Crippen molar-refractivity contribution >= 4 is 50.6 Å². The SMILES string of the molecule is CCOc1cc(N2CCN(C(=NCCNS(=O)(=O)c3ccc(F)cc3F)NCCc3ccc(Cl)cc3Cl)CC2)ccc1[N+](=O)[O-]. The Labute approximate surface area is 270 Å². The summed E-state index contributed by atoms with van der Waals surface area (Å²) in [5.74, 6) is -1.33. The minimum absolute atomic E-state index is 0.0341. The molecule has 242 valence electrons. The number of nitrogens with zero attached hydrogens (tertiary/aromatic N) is 4. The maximum atomic E-state index is 14.1. The number of nitrogens with one attached hydrogen (secondary N) is 2. The summed E-state index contributed by atoms with van der Waals surface area (Å²) in [6.07, 6.45) is 0.564. The van der Waals surface area contributed by atoms with E-state index in [-0.39, 0.29) is 24.5 Å². The highest BCUT2D eigenvalue weighted by molar-refractivity contribution is 7.89. The normalized spacial score (nSPS) is 14.0. The lowest BCUT2D eigenvalue weighted by atomic mass is 10.1. The molecule has 3 aromatic rings. The molecule has 1 fully saturated rings. The number of halogens is 4. The Kier molecular flexibility index (Phi) is 11.8. The average molecular weight is 686 g/mol. The summed E-state index contributed by atoms with van der Waals surface area (Å²) in [6, 6.07) is 12.3. The Hall–Kier alpha value is -3.72. The van der Waals surface area contributed by atoms with Crippen LogP contribution in [-0.4, -0.2) is 76.6 Å². The highest BCUT2D eigenvalue weighted by atomic mass is 35.5. The van der Waals surface area contributed by atoms with Gasteiger partial charge in [0.1, 0.15) is 16.5 Å². The molecule has 1 saturated heterocycles. The number of benzene rings is 3. The molecule has 0 unspecified atom stereocenters. The summed E-state index contributed by atoms with van der Waals surface area (Å²) in [7, 11) is -4.23. The lowest BCUT2D eigenvalue weighted by molar-refractivity contribution is -0.385. The number of piperazine rings is 1. The van der Waals surface area contributed by atoms with Gasteiger partial charge < -0.3 is 19.9 Å². The molecule has 16 heteroatoms. The summed E-state index contributed by atoms with van der Waals surface area (Å²) in [6.45, 7) is 4.65. The van der Waals surface area contributed by atoms with Gasteiger partial charge in [-0.3, -0.25) is 15.1 Å². The number of aliphatic imine (C=N–C) groups is 1. The molecule has 1 aliphatic heterocycles. The number of ether oxygens (including phenoxy) is 1. The van der Waals surface area contributed by atoms with Gasteiger partial charge in [-0.2, -0.15) is 0 Å². The zero-order valence-electron chi connectivity index (χ0n) is 24.3. The number of rotatable bonds is 12. The summed E-state index contributed by atoms with van der Waals surface area (Å²) < 4.78 is 60.2. The zero-order chi connectivity index (χ0) is 32.6. The topological polar surface area (TPSA) is 129 Å². The molecule has 0 aliphatic carbocycles. The van der Waals surface area contributed by atoms with E-state index in [1.807, 2.05) is 11.0 Å². The third-order valence-electron chi connectivity index (χ3n) is 6.93. The van der Waals surface area contributed by atoms with Crippen LogP contribution in [0.5, 0.6) is 5.75 Å². The van der Waals surface area contributed by atoms with Crippen molar-refractivity contribution in [3.8, 4) is 5.75 Å². The van der Waals surface area contributed by atoms with Crippen molar-refractivity contribution in [1.82, 2.24) is 14.9 Å². The van der Waals surface area contributed by atoms with E-state index in [1.165, 1.54) is 6.07 Å². The van der Waals surface area contributed by atoms with Crippen molar-refractivity contribution in [2.75, 3.05) is 57.3 Å². The third kappa shape index (κ3) is 9.16. The quantitative estimate of drug-likeness (QED) is 0.0910. The standard InChI is InChI=1S/C29H32Cl2F2N6O5S/c1-2-44-27-19-23(6-7-26(27)39(40)41)37-13-15-38(16-14-37)29(34-10-9-20-3-4-21(30)17-24(20)31)35-11-12-36-45(42,43)28-8-5-22(32)18-25(28)33/h3-8,17-19,36H,2,9-16H2,1H3,(H,34,35). The van der Waals surface area contributed by atoms with Gasteiger partial charge >= 0.3 is 5.69 Å². The summed E-state index contributed by atoms with van der Waals surface area (Å²) in [4.78, 5) is 18.9. The van der Waals surface area contributed by atoms with Crippen LogP contribution in [0, 0.1) is 21.7 Å². The lowest BCUT2D eigenvalue weighted by Gasteiger charge is -2.38. The molecule has 0 aromatic heterocycles. The first-order valence-electron chi connectivity index (χ1n) is 14.1. The van der Waals surface area contributed by atoms with Crippen molar-refractivity contribution in [2.24, 2.45) is 4.99 Å². The van der Waals surface area contributed by atoms with Crippen LogP contribution in [0.3, 0.4) is 0 Å². The molecular formula is C29H32Cl2F2N6O5S. The van der Waals surface area contributed by atoms with Gasteiger partial charge in [0.2, 0.25) is 10.0 Å². The second kappa shape index (κ2) is 15.5. The first-order chi connectivity index (χ1) is 21.5. The Morgan fingerprint density at radius 1 is 1.04 bits per heavy atom. The lowest BCUT2D eigenvalue weighted by Crippen LogP contribution is -2.53. The van der Waals surface area contributed by atoms with E-state index in [9.17, 15) is 27.3 Å². The van der Waals surface area contributed by atoms with Crippen molar-refractivity contribution in [2.45, 2.75) is 18.2 Å². The van der Waals surface area contributed by atoms with Crippen molar-refractivity contribution in [1.29, 1.82) is 0 Å². The molecule has 0 bridgehead atoms. The van der Waals surface area contributed by atoms with Gasteiger partial charge in [0.25, 0.3) is 0 Å². The molecule has 0 atom stereocenters. The number of nitro benzene ring substituents is 1. The van der Waals surface area contributed by atoms with E-state index in [4.69, 9.17) is 27.9 Å². The van der Waals surface area contributed by atoms with Crippen molar-refractivity contribution in [3.05, 3.63) is 92.0 Å².